The van der Waals surface area contributed by atoms with Crippen LogP contribution in [0.1, 0.15) is 36.9 Å². The Labute approximate surface area is 127 Å². The normalized spacial score (nSPS) is 21.1. The molecular formula is C14H16Cl2FNO2. The minimum Gasteiger partial charge on any atom is -0.391 e. The number of carbonyl (C=O) groups is 1. The summed E-state index contributed by atoms with van der Waals surface area (Å²) >= 11 is 11.9. The van der Waals surface area contributed by atoms with E-state index in [1.165, 1.54) is 12.1 Å². The van der Waals surface area contributed by atoms with Crippen molar-refractivity contribution in [1.29, 1.82) is 0 Å². The lowest BCUT2D eigenvalue weighted by atomic mass is 9.97. The topological polar surface area (TPSA) is 40.5 Å². The van der Waals surface area contributed by atoms with E-state index in [0.717, 1.165) is 0 Å². The Hall–Kier alpha value is -0.840. The van der Waals surface area contributed by atoms with Gasteiger partial charge in [0.05, 0.1) is 12.1 Å². The molecular weight excluding hydrogens is 304 g/mol. The molecule has 1 aromatic rings. The summed E-state index contributed by atoms with van der Waals surface area (Å²) < 4.78 is 13.6. The number of aliphatic hydroxyl groups is 1. The van der Waals surface area contributed by atoms with E-state index < -0.39 is 11.9 Å². The van der Waals surface area contributed by atoms with Gasteiger partial charge in [-0.15, -0.1) is 11.6 Å². The summed E-state index contributed by atoms with van der Waals surface area (Å²) in [6.07, 6.45) is 0.220. The highest BCUT2D eigenvalue weighted by atomic mass is 35.5. The largest absolute Gasteiger partial charge is 0.391 e. The summed E-state index contributed by atoms with van der Waals surface area (Å²) in [7, 11) is 0. The molecule has 1 amide bonds. The number of hydrogen-bond acceptors (Lipinski definition) is 2. The van der Waals surface area contributed by atoms with Crippen molar-refractivity contribution in [3.63, 3.8) is 0 Å². The van der Waals surface area contributed by atoms with Crippen LogP contribution in [-0.4, -0.2) is 28.6 Å². The van der Waals surface area contributed by atoms with Crippen molar-refractivity contribution < 1.29 is 14.3 Å². The molecule has 2 atom stereocenters. The number of benzene rings is 1. The molecule has 110 valence electrons. The lowest BCUT2D eigenvalue weighted by Crippen LogP contribution is -2.43. The van der Waals surface area contributed by atoms with Crippen molar-refractivity contribution in [1.82, 2.24) is 4.90 Å². The van der Waals surface area contributed by atoms with E-state index in [-0.39, 0.29) is 29.4 Å². The lowest BCUT2D eigenvalue weighted by molar-refractivity contribution is -0.139. The molecule has 0 spiro atoms. The average Bonchev–Trinajstić information content (AvgIpc) is 2.40. The van der Waals surface area contributed by atoms with Gasteiger partial charge in [-0.3, -0.25) is 4.79 Å². The summed E-state index contributed by atoms with van der Waals surface area (Å²) in [5.74, 6) is -0.372. The first-order valence-corrected chi connectivity index (χ1v) is 7.36. The molecule has 1 heterocycles. The monoisotopic (exact) mass is 319 g/mol. The minimum atomic E-state index is -0.543. The summed E-state index contributed by atoms with van der Waals surface area (Å²) in [4.78, 5) is 13.5. The standard InChI is InChI=1S/C14H16Cl2FNO2/c1-8(18-7-10(19)2-3-14(18)20)11-4-9(17)5-13(16)12(11)6-15/h4-5,8,10,19H,2-3,6-7H2,1H3/t8-,10?/m0/s1. The predicted octanol–water partition coefficient (Wildman–Crippen LogP) is 3.26. The zero-order chi connectivity index (χ0) is 14.9. The molecule has 2 rings (SSSR count). The van der Waals surface area contributed by atoms with Crippen LogP contribution in [0.2, 0.25) is 5.02 Å². The molecule has 0 bridgehead atoms. The molecule has 1 aliphatic heterocycles. The Balaban J connectivity index is 2.37. The molecule has 0 aliphatic carbocycles. The fourth-order valence-corrected chi connectivity index (χ4v) is 3.18. The van der Waals surface area contributed by atoms with Crippen LogP contribution in [0.25, 0.3) is 0 Å². The smallest absolute Gasteiger partial charge is 0.223 e. The van der Waals surface area contributed by atoms with E-state index in [9.17, 15) is 14.3 Å². The minimum absolute atomic E-state index is 0.0521. The number of carbonyl (C=O) groups excluding carboxylic acids is 1. The van der Waals surface area contributed by atoms with Crippen LogP contribution in [0.3, 0.4) is 0 Å². The highest BCUT2D eigenvalue weighted by Crippen LogP contribution is 2.32. The first-order valence-electron chi connectivity index (χ1n) is 6.45. The number of β-amino-alcohol motifs (C(OH)–C–C–N with tert-alkyl or cyclic N) is 1. The second-order valence-corrected chi connectivity index (χ2v) is 5.68. The van der Waals surface area contributed by atoms with Gasteiger partial charge in [0.2, 0.25) is 5.91 Å². The quantitative estimate of drug-likeness (QED) is 0.869. The maximum absolute atomic E-state index is 13.6. The van der Waals surface area contributed by atoms with Gasteiger partial charge in [-0.1, -0.05) is 11.6 Å². The average molecular weight is 320 g/mol. The van der Waals surface area contributed by atoms with Crippen molar-refractivity contribution in [3.05, 3.63) is 34.1 Å². The number of likely N-dealkylation sites (tertiary alicyclic amines) is 1. The third-order valence-electron chi connectivity index (χ3n) is 3.67. The Morgan fingerprint density at radius 2 is 2.25 bits per heavy atom. The molecule has 1 aromatic carbocycles. The van der Waals surface area contributed by atoms with Crippen molar-refractivity contribution in [2.75, 3.05) is 6.54 Å². The van der Waals surface area contributed by atoms with E-state index >= 15 is 0 Å². The number of halogens is 3. The summed E-state index contributed by atoms with van der Waals surface area (Å²) in [6.45, 7) is 2.03. The number of aliphatic hydroxyl groups excluding tert-OH is 1. The third-order valence-corrected chi connectivity index (χ3v) is 4.27. The summed E-state index contributed by atoms with van der Waals surface area (Å²) in [5.41, 5.74) is 1.21. The highest BCUT2D eigenvalue weighted by molar-refractivity contribution is 6.32. The SMILES string of the molecule is C[C@@H](c1cc(F)cc(Cl)c1CCl)N1CC(O)CCC1=O. The Morgan fingerprint density at radius 3 is 2.90 bits per heavy atom. The van der Waals surface area contributed by atoms with E-state index in [1.807, 2.05) is 0 Å². The molecule has 3 nitrogen and oxygen atoms in total. The van der Waals surface area contributed by atoms with Crippen LogP contribution in [-0.2, 0) is 10.7 Å². The number of alkyl halides is 1. The van der Waals surface area contributed by atoms with Gasteiger partial charge in [0.25, 0.3) is 0 Å². The van der Waals surface area contributed by atoms with Crippen molar-refractivity contribution in [2.24, 2.45) is 0 Å². The number of piperidine rings is 1. The van der Waals surface area contributed by atoms with Crippen molar-refractivity contribution >= 4 is 29.1 Å². The highest BCUT2D eigenvalue weighted by Gasteiger charge is 2.30. The number of hydrogen-bond donors (Lipinski definition) is 1. The van der Waals surface area contributed by atoms with Gasteiger partial charge in [0, 0.05) is 23.9 Å². The molecule has 1 aliphatic rings. The first-order chi connectivity index (χ1) is 9.43. The van der Waals surface area contributed by atoms with Crippen LogP contribution in [0.4, 0.5) is 4.39 Å². The number of amides is 1. The zero-order valence-electron chi connectivity index (χ0n) is 11.1. The third kappa shape index (κ3) is 3.08. The molecule has 0 saturated carbocycles. The summed E-state index contributed by atoms with van der Waals surface area (Å²) in [6, 6.07) is 2.18. The second kappa shape index (κ2) is 6.29. The molecule has 6 heteroatoms. The fourth-order valence-electron chi connectivity index (χ4n) is 2.53. The number of rotatable bonds is 3. The maximum Gasteiger partial charge on any atom is 0.223 e. The Bertz CT molecular complexity index is 524. The molecule has 20 heavy (non-hydrogen) atoms. The van der Waals surface area contributed by atoms with Gasteiger partial charge < -0.3 is 10.0 Å². The second-order valence-electron chi connectivity index (χ2n) is 5.00. The van der Waals surface area contributed by atoms with Crippen LogP contribution in [0.15, 0.2) is 12.1 Å². The van der Waals surface area contributed by atoms with Crippen LogP contribution >= 0.6 is 23.2 Å². The predicted molar refractivity (Wildman–Crippen MR) is 76.3 cm³/mol. The van der Waals surface area contributed by atoms with Gasteiger partial charge >= 0.3 is 0 Å². The fraction of sp³-hybridized carbons (Fsp3) is 0.500. The number of nitrogens with zero attached hydrogens (tertiary/aromatic N) is 1. The first kappa shape index (κ1) is 15.5. The molecule has 1 saturated heterocycles. The molecule has 1 unspecified atom stereocenters. The zero-order valence-corrected chi connectivity index (χ0v) is 12.6. The Kier molecular flexibility index (Phi) is 4.89. The lowest BCUT2D eigenvalue weighted by Gasteiger charge is -2.36. The molecule has 1 N–H and O–H groups in total. The van der Waals surface area contributed by atoms with Crippen molar-refractivity contribution in [3.8, 4) is 0 Å². The van der Waals surface area contributed by atoms with Crippen molar-refractivity contribution in [2.45, 2.75) is 37.8 Å². The van der Waals surface area contributed by atoms with Crippen LogP contribution < -0.4 is 0 Å². The molecule has 0 radical (unpaired) electrons. The van der Waals surface area contributed by atoms with E-state index in [0.29, 0.717) is 24.0 Å². The van der Waals surface area contributed by atoms with E-state index in [2.05, 4.69) is 0 Å². The van der Waals surface area contributed by atoms with Gasteiger partial charge in [-0.2, -0.15) is 0 Å². The van der Waals surface area contributed by atoms with Gasteiger partial charge in [0.1, 0.15) is 5.82 Å². The van der Waals surface area contributed by atoms with Gasteiger partial charge in [-0.05, 0) is 36.6 Å². The van der Waals surface area contributed by atoms with Gasteiger partial charge in [0.15, 0.2) is 0 Å². The maximum atomic E-state index is 13.6. The van der Waals surface area contributed by atoms with Gasteiger partial charge in [-0.25, -0.2) is 4.39 Å². The van der Waals surface area contributed by atoms with Crippen LogP contribution in [0.5, 0.6) is 0 Å². The van der Waals surface area contributed by atoms with E-state index in [4.69, 9.17) is 23.2 Å². The molecule has 1 fully saturated rings. The summed E-state index contributed by atoms with van der Waals surface area (Å²) in [5, 5.41) is 9.97. The van der Waals surface area contributed by atoms with Crippen LogP contribution in [0, 0.1) is 5.82 Å². The molecule has 0 aromatic heterocycles. The van der Waals surface area contributed by atoms with E-state index in [1.54, 1.807) is 11.8 Å². The Morgan fingerprint density at radius 1 is 1.55 bits per heavy atom.